The molecule has 0 saturated carbocycles. The maximum absolute atomic E-state index is 13.1. The van der Waals surface area contributed by atoms with E-state index < -0.39 is 18.3 Å². The molecule has 0 aliphatic carbocycles. The molecule has 3 N–H and O–H groups in total. The van der Waals surface area contributed by atoms with E-state index in [2.05, 4.69) is 14.7 Å². The molecular formula is C27H28F2N6O6. The largest absolute Gasteiger partial charge is 0.434 e. The van der Waals surface area contributed by atoms with E-state index in [-0.39, 0.29) is 34.7 Å². The highest BCUT2D eigenvalue weighted by molar-refractivity contribution is 5.84. The van der Waals surface area contributed by atoms with E-state index in [1.807, 2.05) is 4.90 Å². The van der Waals surface area contributed by atoms with Gasteiger partial charge in [-0.3, -0.25) is 14.3 Å². The van der Waals surface area contributed by atoms with Gasteiger partial charge >= 0.3 is 12.7 Å². The second kappa shape index (κ2) is 10.9. The molecule has 0 radical (unpaired) electrons. The molecule has 1 amide bonds. The van der Waals surface area contributed by atoms with Gasteiger partial charge in [0, 0.05) is 56.6 Å². The molecule has 216 valence electrons. The molecule has 1 fully saturated rings. The van der Waals surface area contributed by atoms with Crippen LogP contribution in [0.5, 0.6) is 5.75 Å². The SMILES string of the molecule is CC(=O)N1CCN(c2ncc(-c3ccc4c(=O)n(C(O)(O)O)n(Cc5cc(C)ccc5OC(F)F)c4c3)cn2)CC1. The molecule has 14 heteroatoms. The van der Waals surface area contributed by atoms with Crippen LogP contribution in [-0.2, 0) is 17.4 Å². The predicted octanol–water partition coefficient (Wildman–Crippen LogP) is 1.43. The lowest BCUT2D eigenvalue weighted by molar-refractivity contribution is -0.385. The summed E-state index contributed by atoms with van der Waals surface area (Å²) < 4.78 is 32.2. The summed E-state index contributed by atoms with van der Waals surface area (Å²) in [6.07, 6.45) is -0.380. The third-order valence-corrected chi connectivity index (χ3v) is 6.96. The third kappa shape index (κ3) is 5.75. The van der Waals surface area contributed by atoms with Crippen LogP contribution in [-0.4, -0.2) is 78.2 Å². The number of rotatable bonds is 7. The van der Waals surface area contributed by atoms with Gasteiger partial charge in [0.25, 0.3) is 5.56 Å². The second-order valence-electron chi connectivity index (χ2n) is 9.76. The number of ether oxygens (including phenoxy) is 1. The van der Waals surface area contributed by atoms with Crippen molar-refractivity contribution < 1.29 is 33.6 Å². The topological polar surface area (TPSA) is 146 Å². The summed E-state index contributed by atoms with van der Waals surface area (Å²) in [5.41, 5.74) is 1.34. The van der Waals surface area contributed by atoms with Crippen molar-refractivity contribution in [3.05, 3.63) is 70.3 Å². The summed E-state index contributed by atoms with van der Waals surface area (Å²) in [5, 5.41) is 30.2. The van der Waals surface area contributed by atoms with Crippen LogP contribution in [0.1, 0.15) is 18.1 Å². The maximum atomic E-state index is 13.1. The standard InChI is InChI=1S/C27H28F2N6O6/c1-16-3-6-23(41-25(28)29)19(11-16)15-34-22-12-18(4-5-21(22)24(37)35(34)27(38,39)40)20-13-30-26(31-14-20)33-9-7-32(8-10-33)17(2)36/h3-6,11-14,25,38-40H,7-10,15H2,1-2H3. The Morgan fingerprint density at radius 1 is 1.02 bits per heavy atom. The summed E-state index contributed by atoms with van der Waals surface area (Å²) >= 11 is 0. The molecule has 5 rings (SSSR count). The summed E-state index contributed by atoms with van der Waals surface area (Å²) in [5.74, 6) is 0.345. The van der Waals surface area contributed by atoms with Gasteiger partial charge in [-0.1, -0.05) is 23.8 Å². The molecule has 2 aromatic heterocycles. The predicted molar refractivity (Wildman–Crippen MR) is 143 cm³/mol. The third-order valence-electron chi connectivity index (χ3n) is 6.96. The van der Waals surface area contributed by atoms with E-state index in [9.17, 15) is 33.7 Å². The van der Waals surface area contributed by atoms with Crippen LogP contribution >= 0.6 is 0 Å². The Bertz CT molecular complexity index is 1640. The molecule has 0 atom stereocenters. The van der Waals surface area contributed by atoms with Crippen molar-refractivity contribution in [2.45, 2.75) is 33.1 Å². The Labute approximate surface area is 232 Å². The van der Waals surface area contributed by atoms with Gasteiger partial charge in [0.05, 0.1) is 17.4 Å². The van der Waals surface area contributed by atoms with E-state index >= 15 is 0 Å². The van der Waals surface area contributed by atoms with Gasteiger partial charge in [-0.15, -0.1) is 0 Å². The van der Waals surface area contributed by atoms with Gasteiger partial charge < -0.3 is 29.9 Å². The molecule has 0 spiro atoms. The Morgan fingerprint density at radius 3 is 2.32 bits per heavy atom. The Balaban J connectivity index is 1.53. The summed E-state index contributed by atoms with van der Waals surface area (Å²) in [7, 11) is 0. The number of piperazine rings is 1. The first-order valence-electron chi connectivity index (χ1n) is 12.7. The van der Waals surface area contributed by atoms with Crippen molar-refractivity contribution >= 4 is 22.8 Å². The van der Waals surface area contributed by atoms with Crippen molar-refractivity contribution in [3.8, 4) is 16.9 Å². The van der Waals surface area contributed by atoms with Crippen molar-refractivity contribution in [1.82, 2.24) is 24.2 Å². The number of carbonyl (C=O) groups is 1. The monoisotopic (exact) mass is 570 g/mol. The molecule has 12 nitrogen and oxygen atoms in total. The van der Waals surface area contributed by atoms with Crippen LogP contribution in [0.3, 0.4) is 0 Å². The molecule has 2 aromatic carbocycles. The van der Waals surface area contributed by atoms with E-state index in [1.165, 1.54) is 19.1 Å². The number of amides is 1. The van der Waals surface area contributed by atoms with Gasteiger partial charge in [-0.25, -0.2) is 9.97 Å². The fourth-order valence-electron chi connectivity index (χ4n) is 4.95. The summed E-state index contributed by atoms with van der Waals surface area (Å²) in [4.78, 5) is 37.3. The van der Waals surface area contributed by atoms with Crippen LogP contribution in [0.15, 0.2) is 53.6 Å². The fraction of sp³-hybridized carbons (Fsp3) is 0.333. The normalized spacial score (nSPS) is 14.2. The number of nitrogens with zero attached hydrogens (tertiary/aromatic N) is 6. The van der Waals surface area contributed by atoms with E-state index in [0.29, 0.717) is 53.5 Å². The number of hydrogen-bond donors (Lipinski definition) is 3. The van der Waals surface area contributed by atoms with Crippen LogP contribution in [0, 0.1) is 6.92 Å². The molecule has 0 bridgehead atoms. The highest BCUT2D eigenvalue weighted by Gasteiger charge is 2.30. The first-order valence-corrected chi connectivity index (χ1v) is 12.7. The number of carbonyl (C=O) groups excluding carboxylic acids is 1. The smallest absolute Gasteiger partial charge is 0.390 e. The van der Waals surface area contributed by atoms with Gasteiger partial charge in [-0.2, -0.15) is 13.5 Å². The van der Waals surface area contributed by atoms with Crippen molar-refractivity contribution in [2.75, 3.05) is 31.1 Å². The molecule has 41 heavy (non-hydrogen) atoms. The number of fused-ring (bicyclic) bond motifs is 1. The minimum Gasteiger partial charge on any atom is -0.434 e. The summed E-state index contributed by atoms with van der Waals surface area (Å²) in [6, 6.07) is 9.12. The number of anilines is 1. The number of benzene rings is 2. The lowest BCUT2D eigenvalue weighted by Gasteiger charge is -2.34. The molecule has 1 saturated heterocycles. The minimum absolute atomic E-state index is 0.0182. The number of hydrogen-bond acceptors (Lipinski definition) is 9. The highest BCUT2D eigenvalue weighted by atomic mass is 19.3. The van der Waals surface area contributed by atoms with E-state index in [1.54, 1.807) is 48.5 Å². The minimum atomic E-state index is -3.58. The van der Waals surface area contributed by atoms with Gasteiger partial charge in [-0.05, 0) is 30.7 Å². The number of alkyl halides is 2. The Morgan fingerprint density at radius 2 is 1.71 bits per heavy atom. The average molecular weight is 571 g/mol. The van der Waals surface area contributed by atoms with Crippen LogP contribution in [0.4, 0.5) is 14.7 Å². The highest BCUT2D eigenvalue weighted by Crippen LogP contribution is 2.28. The Hall–Kier alpha value is -4.40. The maximum Gasteiger partial charge on any atom is 0.390 e. The zero-order valence-electron chi connectivity index (χ0n) is 22.2. The van der Waals surface area contributed by atoms with Gasteiger partial charge in [0.1, 0.15) is 5.75 Å². The Kier molecular flexibility index (Phi) is 7.46. The molecule has 1 aliphatic rings. The first-order chi connectivity index (χ1) is 19.4. The fourth-order valence-corrected chi connectivity index (χ4v) is 4.95. The van der Waals surface area contributed by atoms with Gasteiger partial charge in [0.2, 0.25) is 11.9 Å². The van der Waals surface area contributed by atoms with Crippen LogP contribution in [0.2, 0.25) is 0 Å². The van der Waals surface area contributed by atoms with Crippen molar-refractivity contribution in [1.29, 1.82) is 0 Å². The first kappa shape index (κ1) is 28.1. The molecule has 0 unspecified atom stereocenters. The van der Waals surface area contributed by atoms with E-state index in [4.69, 9.17) is 0 Å². The number of aryl methyl sites for hydroxylation is 1. The lowest BCUT2D eigenvalue weighted by Crippen LogP contribution is -2.48. The van der Waals surface area contributed by atoms with Crippen LogP contribution < -0.4 is 15.2 Å². The quantitative estimate of drug-likeness (QED) is 0.281. The van der Waals surface area contributed by atoms with Crippen LogP contribution in [0.25, 0.3) is 22.0 Å². The van der Waals surface area contributed by atoms with Crippen molar-refractivity contribution in [2.24, 2.45) is 0 Å². The zero-order chi connectivity index (χ0) is 29.5. The molecule has 4 aromatic rings. The second-order valence-corrected chi connectivity index (χ2v) is 9.76. The van der Waals surface area contributed by atoms with Gasteiger partial charge in [0.15, 0.2) is 0 Å². The number of aliphatic hydroxyl groups is 3. The molecule has 1 aliphatic heterocycles. The number of halogens is 2. The van der Waals surface area contributed by atoms with Crippen molar-refractivity contribution in [3.63, 3.8) is 0 Å². The average Bonchev–Trinajstić information content (AvgIpc) is 3.21. The summed E-state index contributed by atoms with van der Waals surface area (Å²) in [6.45, 7) is 2.15. The lowest BCUT2D eigenvalue weighted by atomic mass is 10.1. The molecular weight excluding hydrogens is 542 g/mol. The zero-order valence-corrected chi connectivity index (χ0v) is 22.2. The number of aromatic nitrogens is 4. The van der Waals surface area contributed by atoms with E-state index in [0.717, 1.165) is 4.68 Å². The molecule has 3 heterocycles.